The highest BCUT2D eigenvalue weighted by molar-refractivity contribution is 7.13. The third-order valence-corrected chi connectivity index (χ3v) is 6.24. The van der Waals surface area contributed by atoms with Gasteiger partial charge in [0, 0.05) is 36.3 Å². The van der Waals surface area contributed by atoms with E-state index in [0.29, 0.717) is 11.7 Å². The van der Waals surface area contributed by atoms with Crippen LogP contribution in [0.2, 0.25) is 0 Å². The molecule has 1 saturated carbocycles. The van der Waals surface area contributed by atoms with Crippen LogP contribution in [0.4, 0.5) is 5.82 Å². The van der Waals surface area contributed by atoms with Crippen LogP contribution in [0.5, 0.6) is 0 Å². The molecule has 1 N–H and O–H groups in total. The molecule has 2 fully saturated rings. The summed E-state index contributed by atoms with van der Waals surface area (Å²) in [6.07, 6.45) is 11.5. The van der Waals surface area contributed by atoms with Gasteiger partial charge in [0.15, 0.2) is 0 Å². The van der Waals surface area contributed by atoms with Gasteiger partial charge in [-0.2, -0.15) is 0 Å². The summed E-state index contributed by atoms with van der Waals surface area (Å²) >= 11 is 1.51. The number of anilines is 1. The summed E-state index contributed by atoms with van der Waals surface area (Å²) in [7, 11) is 0. The van der Waals surface area contributed by atoms with Gasteiger partial charge in [0.25, 0.3) is 5.91 Å². The first kappa shape index (κ1) is 17.5. The molecule has 4 rings (SSSR count). The van der Waals surface area contributed by atoms with E-state index in [2.05, 4.69) is 32.3 Å². The maximum atomic E-state index is 12.5. The predicted molar refractivity (Wildman–Crippen MR) is 106 cm³/mol. The van der Waals surface area contributed by atoms with Gasteiger partial charge in [0.1, 0.15) is 16.5 Å². The lowest BCUT2D eigenvalue weighted by Crippen LogP contribution is -2.34. The molecule has 138 valence electrons. The molecule has 2 aliphatic rings. The van der Waals surface area contributed by atoms with Crippen molar-refractivity contribution >= 4 is 23.1 Å². The Morgan fingerprint density at radius 1 is 1.08 bits per heavy atom. The van der Waals surface area contributed by atoms with Crippen molar-refractivity contribution in [2.24, 2.45) is 0 Å². The number of hydrogen-bond donors (Lipinski definition) is 1. The molecular formula is C20H26N4OS. The monoisotopic (exact) mass is 370 g/mol. The van der Waals surface area contributed by atoms with E-state index >= 15 is 0 Å². The van der Waals surface area contributed by atoms with Crippen LogP contribution in [0, 0.1) is 0 Å². The van der Waals surface area contributed by atoms with Crippen LogP contribution in [-0.2, 0) is 0 Å². The third kappa shape index (κ3) is 4.06. The van der Waals surface area contributed by atoms with Gasteiger partial charge < -0.3 is 10.2 Å². The normalized spacial score (nSPS) is 18.7. The molecule has 1 aliphatic carbocycles. The quantitative estimate of drug-likeness (QED) is 0.817. The van der Waals surface area contributed by atoms with Gasteiger partial charge in [-0.05, 0) is 37.8 Å². The number of rotatable bonds is 4. The lowest BCUT2D eigenvalue weighted by Gasteiger charge is -2.16. The first-order chi connectivity index (χ1) is 12.8. The van der Waals surface area contributed by atoms with Gasteiger partial charge in [0.05, 0.1) is 0 Å². The van der Waals surface area contributed by atoms with Crippen molar-refractivity contribution in [2.75, 3.05) is 18.0 Å². The van der Waals surface area contributed by atoms with E-state index < -0.39 is 0 Å². The van der Waals surface area contributed by atoms with Crippen molar-refractivity contribution in [2.45, 2.75) is 57.4 Å². The van der Waals surface area contributed by atoms with Gasteiger partial charge in [-0.3, -0.25) is 4.79 Å². The van der Waals surface area contributed by atoms with Gasteiger partial charge in [0.2, 0.25) is 0 Å². The maximum absolute atomic E-state index is 12.5. The highest BCUT2D eigenvalue weighted by Crippen LogP contribution is 2.26. The van der Waals surface area contributed by atoms with E-state index in [0.717, 1.165) is 42.3 Å². The summed E-state index contributed by atoms with van der Waals surface area (Å²) in [6.45, 7) is 2.18. The standard InChI is InChI=1S/C20H26N4OS/c25-19(22-16-7-3-1-2-4-8-16)17-14-26-20(23-17)15-9-10-18(21-13-15)24-11-5-6-12-24/h9-10,13-14,16H,1-8,11-12H2,(H,22,25). The minimum Gasteiger partial charge on any atom is -0.357 e. The van der Waals surface area contributed by atoms with Crippen molar-refractivity contribution in [3.63, 3.8) is 0 Å². The molecule has 6 heteroatoms. The molecule has 0 bridgehead atoms. The highest BCUT2D eigenvalue weighted by atomic mass is 32.1. The summed E-state index contributed by atoms with van der Waals surface area (Å²) in [5.41, 5.74) is 1.50. The molecule has 5 nitrogen and oxygen atoms in total. The zero-order valence-corrected chi connectivity index (χ0v) is 15.9. The van der Waals surface area contributed by atoms with Crippen LogP contribution in [-0.4, -0.2) is 35.0 Å². The summed E-state index contributed by atoms with van der Waals surface area (Å²) in [4.78, 5) is 24.0. The topological polar surface area (TPSA) is 58.1 Å². The molecule has 2 aromatic heterocycles. The Kier molecular flexibility index (Phi) is 5.48. The van der Waals surface area contributed by atoms with E-state index in [9.17, 15) is 4.79 Å². The average molecular weight is 371 g/mol. The molecule has 2 aromatic rings. The molecule has 1 aliphatic heterocycles. The molecule has 26 heavy (non-hydrogen) atoms. The Balaban J connectivity index is 1.41. The van der Waals surface area contributed by atoms with E-state index in [-0.39, 0.29) is 5.91 Å². The molecule has 0 spiro atoms. The average Bonchev–Trinajstić information content (AvgIpc) is 3.31. The summed E-state index contributed by atoms with van der Waals surface area (Å²) in [5.74, 6) is 0.996. The number of carbonyl (C=O) groups is 1. The first-order valence-electron chi connectivity index (χ1n) is 9.77. The van der Waals surface area contributed by atoms with Crippen LogP contribution < -0.4 is 10.2 Å². The molecule has 0 unspecified atom stereocenters. The molecule has 1 saturated heterocycles. The smallest absolute Gasteiger partial charge is 0.270 e. The largest absolute Gasteiger partial charge is 0.357 e. The number of carbonyl (C=O) groups excluding carboxylic acids is 1. The number of hydrogen-bond acceptors (Lipinski definition) is 5. The number of thiazole rings is 1. The van der Waals surface area contributed by atoms with Crippen molar-refractivity contribution in [1.82, 2.24) is 15.3 Å². The van der Waals surface area contributed by atoms with Crippen molar-refractivity contribution in [3.05, 3.63) is 29.4 Å². The minimum absolute atomic E-state index is 0.0407. The molecule has 3 heterocycles. The van der Waals surface area contributed by atoms with Crippen molar-refractivity contribution in [3.8, 4) is 10.6 Å². The first-order valence-corrected chi connectivity index (χ1v) is 10.7. The van der Waals surface area contributed by atoms with Gasteiger partial charge in [-0.15, -0.1) is 11.3 Å². The molecule has 1 amide bonds. The summed E-state index contributed by atoms with van der Waals surface area (Å²) in [5, 5.41) is 5.88. The van der Waals surface area contributed by atoms with Crippen LogP contribution in [0.25, 0.3) is 10.6 Å². The molecular weight excluding hydrogens is 344 g/mol. The Morgan fingerprint density at radius 3 is 2.54 bits per heavy atom. The Labute approximate surface area is 158 Å². The van der Waals surface area contributed by atoms with E-state index in [1.54, 1.807) is 0 Å². The fraction of sp³-hybridized carbons (Fsp3) is 0.550. The summed E-state index contributed by atoms with van der Waals surface area (Å²) < 4.78 is 0. The lowest BCUT2D eigenvalue weighted by atomic mass is 10.1. The maximum Gasteiger partial charge on any atom is 0.270 e. The zero-order valence-electron chi connectivity index (χ0n) is 15.1. The molecule has 0 radical (unpaired) electrons. The van der Waals surface area contributed by atoms with Crippen molar-refractivity contribution in [1.29, 1.82) is 0 Å². The second-order valence-corrected chi connectivity index (χ2v) is 8.16. The fourth-order valence-corrected chi connectivity index (χ4v) is 4.63. The van der Waals surface area contributed by atoms with Crippen LogP contribution >= 0.6 is 11.3 Å². The molecule has 0 aromatic carbocycles. The van der Waals surface area contributed by atoms with Crippen LogP contribution in [0.15, 0.2) is 23.7 Å². The second kappa shape index (κ2) is 8.16. The minimum atomic E-state index is -0.0407. The van der Waals surface area contributed by atoms with E-state index in [1.807, 2.05) is 11.6 Å². The second-order valence-electron chi connectivity index (χ2n) is 7.30. The number of nitrogens with zero attached hydrogens (tertiary/aromatic N) is 3. The van der Waals surface area contributed by atoms with Gasteiger partial charge in [-0.1, -0.05) is 25.7 Å². The lowest BCUT2D eigenvalue weighted by molar-refractivity contribution is 0.0929. The van der Waals surface area contributed by atoms with E-state index in [4.69, 9.17) is 0 Å². The number of nitrogens with one attached hydrogen (secondary N) is 1. The fourth-order valence-electron chi connectivity index (χ4n) is 3.84. The molecule has 0 atom stereocenters. The predicted octanol–water partition coefficient (Wildman–Crippen LogP) is 4.26. The van der Waals surface area contributed by atoms with Crippen LogP contribution in [0.3, 0.4) is 0 Å². The van der Waals surface area contributed by atoms with Gasteiger partial charge in [-0.25, -0.2) is 9.97 Å². The van der Waals surface area contributed by atoms with Gasteiger partial charge >= 0.3 is 0 Å². The van der Waals surface area contributed by atoms with Crippen molar-refractivity contribution < 1.29 is 4.79 Å². The number of aromatic nitrogens is 2. The number of pyridine rings is 1. The Morgan fingerprint density at radius 2 is 1.85 bits per heavy atom. The Bertz CT molecular complexity index is 729. The SMILES string of the molecule is O=C(NC1CCCCCC1)c1csc(-c2ccc(N3CCCC3)nc2)n1. The third-order valence-electron chi connectivity index (χ3n) is 5.35. The zero-order chi connectivity index (χ0) is 17.8. The highest BCUT2D eigenvalue weighted by Gasteiger charge is 2.18. The van der Waals surface area contributed by atoms with E-state index in [1.165, 1.54) is 49.9 Å². The number of amides is 1. The Hall–Kier alpha value is -1.95. The van der Waals surface area contributed by atoms with Crippen LogP contribution in [0.1, 0.15) is 61.9 Å². The summed E-state index contributed by atoms with van der Waals surface area (Å²) in [6, 6.07) is 4.43.